The van der Waals surface area contributed by atoms with Crippen molar-refractivity contribution in [1.82, 2.24) is 14.5 Å². The molecule has 80 valence electrons. The molecule has 0 spiro atoms. The van der Waals surface area contributed by atoms with E-state index in [-0.39, 0.29) is 6.04 Å². The summed E-state index contributed by atoms with van der Waals surface area (Å²) in [5, 5.41) is 0. The quantitative estimate of drug-likeness (QED) is 0.756. The molecule has 0 aliphatic rings. The topological polar surface area (TPSA) is 47.1 Å². The van der Waals surface area contributed by atoms with Gasteiger partial charge in [-0.2, -0.15) is 0 Å². The molecular weight excluding hydrogens is 176 g/mol. The largest absolute Gasteiger partial charge is 0.336 e. The van der Waals surface area contributed by atoms with Crippen molar-refractivity contribution in [2.45, 2.75) is 19.9 Å². The molecule has 2 N–H and O–H groups in total. The Morgan fingerprint density at radius 3 is 2.50 bits per heavy atom. The van der Waals surface area contributed by atoms with Gasteiger partial charge in [0, 0.05) is 19.8 Å². The zero-order chi connectivity index (χ0) is 10.6. The van der Waals surface area contributed by atoms with Crippen LogP contribution >= 0.6 is 0 Å². The van der Waals surface area contributed by atoms with E-state index in [2.05, 4.69) is 23.7 Å². The fraction of sp³-hybridized carbons (Fsp3) is 0.700. The van der Waals surface area contributed by atoms with E-state index in [9.17, 15) is 0 Å². The maximum atomic E-state index is 5.80. The van der Waals surface area contributed by atoms with Crippen LogP contribution in [0.5, 0.6) is 0 Å². The van der Waals surface area contributed by atoms with E-state index in [0.29, 0.717) is 6.54 Å². The van der Waals surface area contributed by atoms with Gasteiger partial charge in [-0.05, 0) is 13.1 Å². The Kier molecular flexibility index (Phi) is 4.10. The first-order chi connectivity index (χ1) is 6.74. The summed E-state index contributed by atoms with van der Waals surface area (Å²) in [6, 6.07) is 0.289. The van der Waals surface area contributed by atoms with Gasteiger partial charge in [0.1, 0.15) is 0 Å². The summed E-state index contributed by atoms with van der Waals surface area (Å²) < 4.78 is 2.04. The van der Waals surface area contributed by atoms with Crippen LogP contribution in [-0.2, 0) is 7.05 Å². The van der Waals surface area contributed by atoms with Crippen molar-refractivity contribution in [3.05, 3.63) is 18.2 Å². The molecule has 1 aromatic rings. The number of nitrogens with two attached hydrogens (primary N) is 1. The standard InChI is InChI=1S/C10H20N4/c1-4-14(5-2)9(6-11)10-7-12-8-13(10)3/h7-9H,4-6,11H2,1-3H3. The van der Waals surface area contributed by atoms with Crippen LogP contribution in [0.3, 0.4) is 0 Å². The Bertz CT molecular complexity index is 265. The summed E-state index contributed by atoms with van der Waals surface area (Å²) in [7, 11) is 2.01. The maximum absolute atomic E-state index is 5.80. The molecule has 1 rings (SSSR count). The van der Waals surface area contributed by atoms with Crippen LogP contribution in [0.25, 0.3) is 0 Å². The molecule has 0 amide bonds. The second-order valence-electron chi connectivity index (χ2n) is 3.40. The molecule has 1 heterocycles. The first-order valence-electron chi connectivity index (χ1n) is 5.14. The van der Waals surface area contributed by atoms with Crippen molar-refractivity contribution in [3.8, 4) is 0 Å². The Morgan fingerprint density at radius 2 is 2.14 bits per heavy atom. The van der Waals surface area contributed by atoms with Gasteiger partial charge in [-0.25, -0.2) is 4.98 Å². The van der Waals surface area contributed by atoms with E-state index in [0.717, 1.165) is 13.1 Å². The van der Waals surface area contributed by atoms with Crippen LogP contribution in [0.2, 0.25) is 0 Å². The molecule has 0 aliphatic carbocycles. The molecular formula is C10H20N4. The molecule has 0 radical (unpaired) electrons. The van der Waals surface area contributed by atoms with Crippen molar-refractivity contribution in [1.29, 1.82) is 0 Å². The van der Waals surface area contributed by atoms with E-state index in [1.807, 2.05) is 24.1 Å². The van der Waals surface area contributed by atoms with E-state index < -0.39 is 0 Å². The number of nitrogens with zero attached hydrogens (tertiary/aromatic N) is 3. The summed E-state index contributed by atoms with van der Waals surface area (Å²) in [5.74, 6) is 0. The van der Waals surface area contributed by atoms with Crippen molar-refractivity contribution < 1.29 is 0 Å². The Hall–Kier alpha value is -0.870. The zero-order valence-electron chi connectivity index (χ0n) is 9.27. The van der Waals surface area contributed by atoms with Gasteiger partial charge in [0.05, 0.1) is 18.1 Å². The lowest BCUT2D eigenvalue weighted by molar-refractivity contribution is 0.217. The molecule has 1 aromatic heterocycles. The van der Waals surface area contributed by atoms with Gasteiger partial charge in [0.2, 0.25) is 0 Å². The third kappa shape index (κ3) is 2.13. The van der Waals surface area contributed by atoms with Gasteiger partial charge in [-0.1, -0.05) is 13.8 Å². The van der Waals surface area contributed by atoms with Gasteiger partial charge in [-0.3, -0.25) is 4.90 Å². The van der Waals surface area contributed by atoms with Gasteiger partial charge in [0.25, 0.3) is 0 Å². The molecule has 1 unspecified atom stereocenters. The summed E-state index contributed by atoms with van der Waals surface area (Å²) >= 11 is 0. The van der Waals surface area contributed by atoms with Crippen LogP contribution in [0.15, 0.2) is 12.5 Å². The van der Waals surface area contributed by atoms with E-state index in [1.54, 1.807) is 0 Å². The molecule has 0 bridgehead atoms. The lowest BCUT2D eigenvalue weighted by atomic mass is 10.2. The average Bonchev–Trinajstić information content (AvgIpc) is 2.61. The maximum Gasteiger partial charge on any atom is 0.0946 e. The number of hydrogen-bond donors (Lipinski definition) is 1. The molecule has 0 saturated heterocycles. The van der Waals surface area contributed by atoms with Crippen molar-refractivity contribution >= 4 is 0 Å². The second kappa shape index (κ2) is 5.12. The fourth-order valence-corrected chi connectivity index (χ4v) is 1.81. The Morgan fingerprint density at radius 1 is 1.50 bits per heavy atom. The average molecular weight is 196 g/mol. The van der Waals surface area contributed by atoms with Gasteiger partial charge < -0.3 is 10.3 Å². The summed E-state index contributed by atoms with van der Waals surface area (Å²) in [5.41, 5.74) is 6.99. The summed E-state index contributed by atoms with van der Waals surface area (Å²) in [6.45, 7) is 6.99. The molecule has 1 atom stereocenters. The van der Waals surface area contributed by atoms with Gasteiger partial charge in [0.15, 0.2) is 0 Å². The molecule has 4 heteroatoms. The van der Waals surface area contributed by atoms with Crippen molar-refractivity contribution in [2.75, 3.05) is 19.6 Å². The van der Waals surface area contributed by atoms with Crippen molar-refractivity contribution in [2.24, 2.45) is 12.8 Å². The third-order valence-electron chi connectivity index (χ3n) is 2.67. The summed E-state index contributed by atoms with van der Waals surface area (Å²) in [4.78, 5) is 6.47. The van der Waals surface area contributed by atoms with Crippen molar-refractivity contribution in [3.63, 3.8) is 0 Å². The van der Waals surface area contributed by atoms with Crippen LogP contribution in [0, 0.1) is 0 Å². The highest BCUT2D eigenvalue weighted by Crippen LogP contribution is 2.17. The summed E-state index contributed by atoms with van der Waals surface area (Å²) in [6.07, 6.45) is 3.72. The predicted octanol–water partition coefficient (Wildman–Crippen LogP) is 0.762. The number of rotatable bonds is 5. The molecule has 0 aromatic carbocycles. The number of hydrogen-bond acceptors (Lipinski definition) is 3. The molecule has 0 saturated carbocycles. The number of likely N-dealkylation sites (N-methyl/N-ethyl adjacent to an activating group) is 1. The third-order valence-corrected chi connectivity index (χ3v) is 2.67. The minimum Gasteiger partial charge on any atom is -0.336 e. The molecule has 4 nitrogen and oxygen atoms in total. The lowest BCUT2D eigenvalue weighted by Crippen LogP contribution is -2.34. The zero-order valence-corrected chi connectivity index (χ0v) is 9.27. The Balaban J connectivity index is 2.86. The minimum atomic E-state index is 0.289. The van der Waals surface area contributed by atoms with Gasteiger partial charge in [-0.15, -0.1) is 0 Å². The molecule has 0 fully saturated rings. The van der Waals surface area contributed by atoms with E-state index in [4.69, 9.17) is 5.73 Å². The highest BCUT2D eigenvalue weighted by Gasteiger charge is 2.18. The van der Waals surface area contributed by atoms with Gasteiger partial charge >= 0.3 is 0 Å². The SMILES string of the molecule is CCN(CC)C(CN)c1cncn1C. The van der Waals surface area contributed by atoms with Crippen LogP contribution in [0.4, 0.5) is 0 Å². The van der Waals surface area contributed by atoms with Crippen LogP contribution in [0.1, 0.15) is 25.6 Å². The Labute approximate surface area is 85.7 Å². The fourth-order valence-electron chi connectivity index (χ4n) is 1.81. The number of aryl methyl sites for hydroxylation is 1. The van der Waals surface area contributed by atoms with E-state index >= 15 is 0 Å². The minimum absolute atomic E-state index is 0.289. The first kappa shape index (κ1) is 11.2. The number of imidazole rings is 1. The molecule has 0 aliphatic heterocycles. The highest BCUT2D eigenvalue weighted by atomic mass is 15.2. The smallest absolute Gasteiger partial charge is 0.0946 e. The second-order valence-corrected chi connectivity index (χ2v) is 3.40. The van der Waals surface area contributed by atoms with Crippen LogP contribution < -0.4 is 5.73 Å². The van der Waals surface area contributed by atoms with Crippen LogP contribution in [-0.4, -0.2) is 34.1 Å². The van der Waals surface area contributed by atoms with E-state index in [1.165, 1.54) is 5.69 Å². The molecule has 14 heavy (non-hydrogen) atoms. The monoisotopic (exact) mass is 196 g/mol. The lowest BCUT2D eigenvalue weighted by Gasteiger charge is -2.28. The number of aromatic nitrogens is 2. The normalized spacial score (nSPS) is 13.5. The predicted molar refractivity (Wildman–Crippen MR) is 57.9 cm³/mol. The first-order valence-corrected chi connectivity index (χ1v) is 5.14. The highest BCUT2D eigenvalue weighted by molar-refractivity contribution is 5.05.